The Balaban J connectivity index is 1.61. The van der Waals surface area contributed by atoms with Crippen LogP contribution < -0.4 is 0 Å². The molecule has 1 aromatic carbocycles. The van der Waals surface area contributed by atoms with Crippen LogP contribution in [0.15, 0.2) is 30.3 Å². The molecular weight excluding hydrogens is 296 g/mol. The van der Waals surface area contributed by atoms with Crippen molar-refractivity contribution in [3.05, 3.63) is 56.8 Å². The van der Waals surface area contributed by atoms with Gasteiger partial charge >= 0.3 is 0 Å². The standard InChI is InChI=1S/C18H20OS2/c19-18(17-10-15-11-20-8-7-16(15)21-17)14-6-2-5-13(9-14)12-3-1-4-12/h2,5-6,9-10,12,18-19H,1,3-4,7-8,11H2. The van der Waals surface area contributed by atoms with E-state index >= 15 is 0 Å². The SMILES string of the molecule is OC(c1cccc(C2CCC2)c1)c1cc2c(s1)CCSC2. The van der Waals surface area contributed by atoms with Gasteiger partial charge in [-0.15, -0.1) is 11.3 Å². The number of aliphatic hydroxyl groups excluding tert-OH is 1. The van der Waals surface area contributed by atoms with Gasteiger partial charge in [-0.3, -0.25) is 0 Å². The van der Waals surface area contributed by atoms with Crippen molar-refractivity contribution in [1.82, 2.24) is 0 Å². The molecule has 1 unspecified atom stereocenters. The molecule has 0 bridgehead atoms. The van der Waals surface area contributed by atoms with Crippen LogP contribution in [0.2, 0.25) is 0 Å². The first-order valence-corrected chi connectivity index (χ1v) is 9.75. The summed E-state index contributed by atoms with van der Waals surface area (Å²) in [6.45, 7) is 0. The topological polar surface area (TPSA) is 20.2 Å². The van der Waals surface area contributed by atoms with Crippen LogP contribution in [0.1, 0.15) is 57.7 Å². The fraction of sp³-hybridized carbons (Fsp3) is 0.444. The van der Waals surface area contributed by atoms with Gasteiger partial charge in [0.25, 0.3) is 0 Å². The van der Waals surface area contributed by atoms with Crippen molar-refractivity contribution in [1.29, 1.82) is 0 Å². The maximum Gasteiger partial charge on any atom is 0.113 e. The third-order valence-corrected chi connectivity index (χ3v) is 7.02. The Hall–Kier alpha value is -0.770. The molecule has 2 aromatic rings. The first-order chi connectivity index (χ1) is 10.3. The fourth-order valence-corrected chi connectivity index (χ4v) is 5.58. The van der Waals surface area contributed by atoms with E-state index < -0.39 is 6.10 Å². The lowest BCUT2D eigenvalue weighted by Gasteiger charge is -2.26. The predicted octanol–water partition coefficient (Wildman–Crippen LogP) is 4.89. The molecule has 1 aromatic heterocycles. The van der Waals surface area contributed by atoms with Crippen LogP contribution in [-0.4, -0.2) is 10.9 Å². The second-order valence-corrected chi connectivity index (χ2v) is 8.37. The van der Waals surface area contributed by atoms with E-state index in [1.807, 2.05) is 23.1 Å². The molecule has 0 saturated heterocycles. The zero-order chi connectivity index (χ0) is 14.2. The van der Waals surface area contributed by atoms with Gasteiger partial charge in [0.1, 0.15) is 6.10 Å². The summed E-state index contributed by atoms with van der Waals surface area (Å²) in [6, 6.07) is 10.8. The summed E-state index contributed by atoms with van der Waals surface area (Å²) in [5.74, 6) is 3.06. The molecule has 1 atom stereocenters. The molecule has 2 aliphatic rings. The highest BCUT2D eigenvalue weighted by Crippen LogP contribution is 2.39. The summed E-state index contributed by atoms with van der Waals surface area (Å²) in [7, 11) is 0. The molecule has 0 spiro atoms. The molecule has 1 N–H and O–H groups in total. The molecule has 2 heterocycles. The highest BCUT2D eigenvalue weighted by Gasteiger charge is 2.22. The number of fused-ring (bicyclic) bond motifs is 1. The van der Waals surface area contributed by atoms with E-state index in [4.69, 9.17) is 0 Å². The molecule has 1 fully saturated rings. The predicted molar refractivity (Wildman–Crippen MR) is 91.3 cm³/mol. The van der Waals surface area contributed by atoms with Crippen LogP contribution in [0.3, 0.4) is 0 Å². The Kier molecular flexibility index (Phi) is 3.82. The number of hydrogen-bond donors (Lipinski definition) is 1. The highest BCUT2D eigenvalue weighted by atomic mass is 32.2. The number of aryl methyl sites for hydroxylation is 1. The summed E-state index contributed by atoms with van der Waals surface area (Å²) in [5, 5.41) is 10.7. The smallest absolute Gasteiger partial charge is 0.113 e. The third kappa shape index (κ3) is 2.67. The largest absolute Gasteiger partial charge is 0.383 e. The van der Waals surface area contributed by atoms with Crippen LogP contribution in [-0.2, 0) is 12.2 Å². The Bertz CT molecular complexity index is 619. The van der Waals surface area contributed by atoms with Crippen molar-refractivity contribution in [2.45, 2.75) is 43.5 Å². The van der Waals surface area contributed by atoms with Crippen LogP contribution in [0.4, 0.5) is 0 Å². The minimum absolute atomic E-state index is 0.453. The minimum Gasteiger partial charge on any atom is -0.383 e. The van der Waals surface area contributed by atoms with Crippen molar-refractivity contribution in [2.75, 3.05) is 5.75 Å². The van der Waals surface area contributed by atoms with Crippen molar-refractivity contribution in [2.24, 2.45) is 0 Å². The zero-order valence-corrected chi connectivity index (χ0v) is 13.7. The lowest BCUT2D eigenvalue weighted by Crippen LogP contribution is -2.09. The van der Waals surface area contributed by atoms with Gasteiger partial charge in [-0.25, -0.2) is 0 Å². The summed E-state index contributed by atoms with van der Waals surface area (Å²) >= 11 is 3.81. The second-order valence-electron chi connectivity index (χ2n) is 6.10. The van der Waals surface area contributed by atoms with E-state index in [0.717, 1.165) is 22.1 Å². The Morgan fingerprint density at radius 3 is 2.86 bits per heavy atom. The average Bonchev–Trinajstić information content (AvgIpc) is 2.89. The van der Waals surface area contributed by atoms with Crippen molar-refractivity contribution in [3.8, 4) is 0 Å². The maximum absolute atomic E-state index is 10.7. The van der Waals surface area contributed by atoms with Crippen LogP contribution in [0, 0.1) is 0 Å². The van der Waals surface area contributed by atoms with Crippen LogP contribution in [0.25, 0.3) is 0 Å². The van der Waals surface area contributed by atoms with Gasteiger partial charge < -0.3 is 5.11 Å². The van der Waals surface area contributed by atoms with Crippen LogP contribution >= 0.6 is 23.1 Å². The zero-order valence-electron chi connectivity index (χ0n) is 12.0. The van der Waals surface area contributed by atoms with Gasteiger partial charge in [-0.1, -0.05) is 30.7 Å². The lowest BCUT2D eigenvalue weighted by molar-refractivity contribution is 0.224. The third-order valence-electron chi connectivity index (χ3n) is 4.72. The first-order valence-electron chi connectivity index (χ1n) is 7.78. The normalized spacial score (nSPS) is 19.9. The molecule has 110 valence electrons. The molecule has 1 saturated carbocycles. The van der Waals surface area contributed by atoms with E-state index in [9.17, 15) is 5.11 Å². The molecule has 0 radical (unpaired) electrons. The van der Waals surface area contributed by atoms with E-state index in [1.54, 1.807) is 0 Å². The van der Waals surface area contributed by atoms with Gasteiger partial charge in [0, 0.05) is 15.5 Å². The van der Waals surface area contributed by atoms with E-state index in [1.165, 1.54) is 47.4 Å². The van der Waals surface area contributed by atoms with Crippen molar-refractivity contribution < 1.29 is 5.11 Å². The fourth-order valence-electron chi connectivity index (χ4n) is 3.19. The van der Waals surface area contributed by atoms with Crippen molar-refractivity contribution in [3.63, 3.8) is 0 Å². The summed E-state index contributed by atoms with van der Waals surface area (Å²) in [5.41, 5.74) is 3.92. The number of rotatable bonds is 3. The molecule has 1 nitrogen and oxygen atoms in total. The highest BCUT2D eigenvalue weighted by molar-refractivity contribution is 7.98. The molecule has 1 aliphatic carbocycles. The average molecular weight is 316 g/mol. The number of thioether (sulfide) groups is 1. The minimum atomic E-state index is -0.453. The van der Waals surface area contributed by atoms with Gasteiger partial charge in [-0.05, 0) is 53.7 Å². The number of hydrogen-bond acceptors (Lipinski definition) is 3. The van der Waals surface area contributed by atoms with E-state index in [2.05, 4.69) is 30.3 Å². The Morgan fingerprint density at radius 1 is 1.19 bits per heavy atom. The summed E-state index contributed by atoms with van der Waals surface area (Å²) in [6.07, 6.45) is 4.69. The molecule has 4 rings (SSSR count). The molecule has 0 amide bonds. The van der Waals surface area contributed by atoms with Gasteiger partial charge in [0.15, 0.2) is 0 Å². The second kappa shape index (κ2) is 5.79. The van der Waals surface area contributed by atoms with Crippen molar-refractivity contribution >= 4 is 23.1 Å². The molecular formula is C18H20OS2. The lowest BCUT2D eigenvalue weighted by atomic mass is 9.79. The number of benzene rings is 1. The van der Waals surface area contributed by atoms with Gasteiger partial charge in [-0.2, -0.15) is 11.8 Å². The van der Waals surface area contributed by atoms with Crippen LogP contribution in [0.5, 0.6) is 0 Å². The van der Waals surface area contributed by atoms with Gasteiger partial charge in [0.2, 0.25) is 0 Å². The van der Waals surface area contributed by atoms with Gasteiger partial charge in [0.05, 0.1) is 0 Å². The van der Waals surface area contributed by atoms with E-state index in [-0.39, 0.29) is 0 Å². The number of thiophene rings is 1. The summed E-state index contributed by atoms with van der Waals surface area (Å²) < 4.78 is 0. The molecule has 3 heteroatoms. The van der Waals surface area contributed by atoms with E-state index in [0.29, 0.717) is 0 Å². The maximum atomic E-state index is 10.7. The summed E-state index contributed by atoms with van der Waals surface area (Å²) in [4.78, 5) is 2.60. The number of aliphatic hydroxyl groups is 1. The molecule has 1 aliphatic heterocycles. The Morgan fingerprint density at radius 2 is 2.10 bits per heavy atom. The molecule has 21 heavy (non-hydrogen) atoms. The quantitative estimate of drug-likeness (QED) is 0.870. The monoisotopic (exact) mass is 316 g/mol. The Labute approximate surface area is 134 Å². The first kappa shape index (κ1) is 13.9.